The smallest absolute Gasteiger partial charge is 0.326 e. The van der Waals surface area contributed by atoms with E-state index < -0.39 is 24.0 Å². The van der Waals surface area contributed by atoms with Crippen LogP contribution in [0.3, 0.4) is 0 Å². The van der Waals surface area contributed by atoms with Crippen molar-refractivity contribution in [1.82, 2.24) is 4.90 Å². The van der Waals surface area contributed by atoms with Crippen molar-refractivity contribution >= 4 is 11.9 Å². The second kappa shape index (κ2) is 3.79. The van der Waals surface area contributed by atoms with E-state index in [1.54, 1.807) is 0 Å². The molecule has 1 saturated heterocycles. The average Bonchev–Trinajstić information content (AvgIpc) is 2.45. The lowest BCUT2D eigenvalue weighted by atomic mass is 10.2. The SMILES string of the molecule is C=C(C)C(=O)N1C[C@H](O)C[C@H]1C(=O)O. The molecule has 1 fully saturated rings. The predicted molar refractivity (Wildman–Crippen MR) is 48.6 cm³/mol. The van der Waals surface area contributed by atoms with Gasteiger partial charge in [-0.15, -0.1) is 0 Å². The Morgan fingerprint density at radius 3 is 2.50 bits per heavy atom. The van der Waals surface area contributed by atoms with Crippen LogP contribution in [0.1, 0.15) is 13.3 Å². The molecule has 1 aliphatic heterocycles. The van der Waals surface area contributed by atoms with Crippen LogP contribution in [0, 0.1) is 0 Å². The van der Waals surface area contributed by atoms with Crippen molar-refractivity contribution < 1.29 is 19.8 Å². The van der Waals surface area contributed by atoms with Crippen molar-refractivity contribution in [3.63, 3.8) is 0 Å². The fourth-order valence-electron chi connectivity index (χ4n) is 1.52. The minimum atomic E-state index is -1.09. The van der Waals surface area contributed by atoms with Crippen molar-refractivity contribution in [1.29, 1.82) is 0 Å². The molecule has 0 radical (unpaired) electrons. The molecule has 2 atom stereocenters. The van der Waals surface area contributed by atoms with E-state index in [9.17, 15) is 14.7 Å². The fourth-order valence-corrected chi connectivity index (χ4v) is 1.52. The number of hydrogen-bond donors (Lipinski definition) is 2. The number of nitrogens with zero attached hydrogens (tertiary/aromatic N) is 1. The molecule has 2 N–H and O–H groups in total. The topological polar surface area (TPSA) is 77.8 Å². The van der Waals surface area contributed by atoms with Crippen LogP contribution in [0.4, 0.5) is 0 Å². The highest BCUT2D eigenvalue weighted by Gasteiger charge is 2.38. The Bertz CT molecular complexity index is 287. The molecule has 1 rings (SSSR count). The van der Waals surface area contributed by atoms with Crippen LogP contribution >= 0.6 is 0 Å². The zero-order chi connectivity index (χ0) is 10.9. The van der Waals surface area contributed by atoms with Crippen LogP contribution in [-0.2, 0) is 9.59 Å². The van der Waals surface area contributed by atoms with Gasteiger partial charge in [-0.05, 0) is 6.92 Å². The van der Waals surface area contributed by atoms with Gasteiger partial charge in [-0.2, -0.15) is 0 Å². The third-order valence-corrected chi connectivity index (χ3v) is 2.19. The van der Waals surface area contributed by atoms with Crippen LogP contribution in [0.25, 0.3) is 0 Å². The van der Waals surface area contributed by atoms with Crippen LogP contribution < -0.4 is 0 Å². The van der Waals surface area contributed by atoms with Crippen molar-refractivity contribution in [2.24, 2.45) is 0 Å². The maximum atomic E-state index is 11.5. The van der Waals surface area contributed by atoms with E-state index in [2.05, 4.69) is 6.58 Å². The Morgan fingerprint density at radius 2 is 2.07 bits per heavy atom. The minimum Gasteiger partial charge on any atom is -0.480 e. The van der Waals surface area contributed by atoms with Crippen LogP contribution in [0.2, 0.25) is 0 Å². The van der Waals surface area contributed by atoms with Crippen LogP contribution in [0.5, 0.6) is 0 Å². The van der Waals surface area contributed by atoms with Gasteiger partial charge in [0.15, 0.2) is 0 Å². The molecule has 1 aliphatic rings. The number of carboxylic acids is 1. The summed E-state index contributed by atoms with van der Waals surface area (Å²) in [6, 6.07) is -0.922. The van der Waals surface area contributed by atoms with Crippen LogP contribution in [0.15, 0.2) is 12.2 Å². The lowest BCUT2D eigenvalue weighted by molar-refractivity contribution is -0.146. The molecular formula is C9H13NO4. The quantitative estimate of drug-likeness (QED) is 0.594. The zero-order valence-corrected chi connectivity index (χ0v) is 7.93. The number of aliphatic hydroxyl groups is 1. The normalized spacial score (nSPS) is 26.3. The third kappa shape index (κ3) is 1.93. The average molecular weight is 199 g/mol. The second-order valence-electron chi connectivity index (χ2n) is 3.48. The molecule has 78 valence electrons. The first-order valence-electron chi connectivity index (χ1n) is 4.31. The minimum absolute atomic E-state index is 0.0721. The van der Waals surface area contributed by atoms with E-state index in [1.807, 2.05) is 0 Å². The van der Waals surface area contributed by atoms with Gasteiger partial charge in [0.25, 0.3) is 0 Å². The van der Waals surface area contributed by atoms with Crippen molar-refractivity contribution in [3.8, 4) is 0 Å². The molecule has 0 saturated carbocycles. The molecule has 14 heavy (non-hydrogen) atoms. The number of rotatable bonds is 2. The van der Waals surface area contributed by atoms with Gasteiger partial charge in [0.2, 0.25) is 5.91 Å². The molecule has 5 heteroatoms. The summed E-state index contributed by atoms with van der Waals surface area (Å²) in [5.74, 6) is -1.50. The molecule has 5 nitrogen and oxygen atoms in total. The third-order valence-electron chi connectivity index (χ3n) is 2.19. The van der Waals surface area contributed by atoms with Gasteiger partial charge in [0.1, 0.15) is 6.04 Å². The molecule has 1 heterocycles. The lowest BCUT2D eigenvalue weighted by Gasteiger charge is -2.20. The van der Waals surface area contributed by atoms with Gasteiger partial charge in [-0.3, -0.25) is 4.79 Å². The molecule has 0 aromatic rings. The van der Waals surface area contributed by atoms with E-state index >= 15 is 0 Å². The number of hydrogen-bond acceptors (Lipinski definition) is 3. The Labute approximate surface area is 81.6 Å². The van der Waals surface area contributed by atoms with E-state index in [0.717, 1.165) is 4.90 Å². The van der Waals surface area contributed by atoms with Gasteiger partial charge in [-0.25, -0.2) is 4.79 Å². The maximum Gasteiger partial charge on any atom is 0.326 e. The maximum absolute atomic E-state index is 11.5. The highest BCUT2D eigenvalue weighted by Crippen LogP contribution is 2.19. The number of likely N-dealkylation sites (tertiary alicyclic amines) is 1. The van der Waals surface area contributed by atoms with Gasteiger partial charge in [0.05, 0.1) is 6.10 Å². The summed E-state index contributed by atoms with van der Waals surface area (Å²) in [5, 5.41) is 18.1. The summed E-state index contributed by atoms with van der Waals surface area (Å²) < 4.78 is 0. The highest BCUT2D eigenvalue weighted by atomic mass is 16.4. The van der Waals surface area contributed by atoms with Crippen molar-refractivity contribution in [2.45, 2.75) is 25.5 Å². The summed E-state index contributed by atoms with van der Waals surface area (Å²) in [6.07, 6.45) is -0.659. The number of carbonyl (C=O) groups excluding carboxylic acids is 1. The number of aliphatic carboxylic acids is 1. The molecule has 1 amide bonds. The standard InChI is InChI=1S/C9H13NO4/c1-5(2)8(12)10-4-6(11)3-7(10)9(13)14/h6-7,11H,1,3-4H2,2H3,(H,13,14)/t6-,7+/m1/s1. The van der Waals surface area contributed by atoms with E-state index in [-0.39, 0.29) is 18.5 Å². The summed E-state index contributed by atoms with van der Waals surface area (Å²) in [6.45, 7) is 5.04. The monoisotopic (exact) mass is 199 g/mol. The summed E-state index contributed by atoms with van der Waals surface area (Å²) in [5.41, 5.74) is 0.283. The first-order valence-corrected chi connectivity index (χ1v) is 4.31. The molecule has 0 aromatic carbocycles. The lowest BCUT2D eigenvalue weighted by Crippen LogP contribution is -2.40. The molecule has 0 aromatic heterocycles. The fraction of sp³-hybridized carbons (Fsp3) is 0.556. The van der Waals surface area contributed by atoms with Crippen molar-refractivity contribution in [2.75, 3.05) is 6.54 Å². The number of amides is 1. The Hall–Kier alpha value is -1.36. The van der Waals surface area contributed by atoms with Gasteiger partial charge in [0, 0.05) is 18.5 Å². The van der Waals surface area contributed by atoms with Gasteiger partial charge < -0.3 is 15.1 Å². The number of carboxylic acid groups (broad SMARTS) is 1. The van der Waals surface area contributed by atoms with Gasteiger partial charge in [-0.1, -0.05) is 6.58 Å². The number of β-amino-alcohol motifs (C(OH)–C–C–N with tert-alkyl or cyclic N) is 1. The highest BCUT2D eigenvalue weighted by molar-refractivity contribution is 5.95. The summed E-state index contributed by atoms with van der Waals surface area (Å²) >= 11 is 0. The van der Waals surface area contributed by atoms with Crippen molar-refractivity contribution in [3.05, 3.63) is 12.2 Å². The zero-order valence-electron chi connectivity index (χ0n) is 7.93. The largest absolute Gasteiger partial charge is 0.480 e. The summed E-state index contributed by atoms with van der Waals surface area (Å²) in [7, 11) is 0. The number of carbonyl (C=O) groups is 2. The van der Waals surface area contributed by atoms with Gasteiger partial charge >= 0.3 is 5.97 Å². The van der Waals surface area contributed by atoms with E-state index in [0.29, 0.717) is 0 Å². The molecule has 0 bridgehead atoms. The predicted octanol–water partition coefficient (Wildman–Crippen LogP) is -0.391. The Balaban J connectivity index is 2.81. The first-order chi connectivity index (χ1) is 6.43. The molecule has 0 spiro atoms. The van der Waals surface area contributed by atoms with E-state index in [4.69, 9.17) is 5.11 Å². The summed E-state index contributed by atoms with van der Waals surface area (Å²) in [4.78, 5) is 23.4. The van der Waals surface area contributed by atoms with Crippen LogP contribution in [-0.4, -0.2) is 45.7 Å². The first kappa shape index (κ1) is 10.7. The Morgan fingerprint density at radius 1 is 1.50 bits per heavy atom. The molecule has 0 unspecified atom stereocenters. The molecular weight excluding hydrogens is 186 g/mol. The Kier molecular flexibility index (Phi) is 2.90. The molecule has 0 aliphatic carbocycles. The number of aliphatic hydroxyl groups excluding tert-OH is 1. The second-order valence-corrected chi connectivity index (χ2v) is 3.48. The van der Waals surface area contributed by atoms with E-state index in [1.165, 1.54) is 6.92 Å².